The molecule has 1 aliphatic heterocycles. The number of piperidine rings is 1. The summed E-state index contributed by atoms with van der Waals surface area (Å²) in [6, 6.07) is 19.8. The molecule has 35 heavy (non-hydrogen) atoms. The Bertz CT molecular complexity index is 1150. The van der Waals surface area contributed by atoms with Crippen LogP contribution < -0.4 is 16.0 Å². The van der Waals surface area contributed by atoms with E-state index in [1.54, 1.807) is 53.6 Å². The van der Waals surface area contributed by atoms with Crippen molar-refractivity contribution >= 4 is 35.3 Å². The van der Waals surface area contributed by atoms with E-state index < -0.39 is 0 Å². The molecule has 0 bridgehead atoms. The topological polar surface area (TPSA) is 104 Å². The molecule has 4 rings (SSSR count). The van der Waals surface area contributed by atoms with Crippen molar-refractivity contribution in [3.63, 3.8) is 0 Å². The normalized spacial score (nSPS) is 14.0. The summed E-state index contributed by atoms with van der Waals surface area (Å²) < 4.78 is 5.18. The molecule has 1 fully saturated rings. The van der Waals surface area contributed by atoms with Crippen LogP contribution in [0.5, 0.6) is 0 Å². The van der Waals surface area contributed by atoms with Crippen molar-refractivity contribution in [2.45, 2.75) is 19.4 Å². The van der Waals surface area contributed by atoms with Crippen LogP contribution in [-0.2, 0) is 16.1 Å². The number of hydrogen-bond donors (Lipinski definition) is 3. The van der Waals surface area contributed by atoms with E-state index in [1.165, 1.54) is 0 Å². The maximum absolute atomic E-state index is 12.7. The van der Waals surface area contributed by atoms with Crippen molar-refractivity contribution in [2.75, 3.05) is 23.7 Å². The number of nitrogens with zero attached hydrogens (tertiary/aromatic N) is 1. The summed E-state index contributed by atoms with van der Waals surface area (Å²) in [6.07, 6.45) is 6.18. The Labute approximate surface area is 204 Å². The van der Waals surface area contributed by atoms with Gasteiger partial charge < -0.3 is 25.3 Å². The second-order valence-corrected chi connectivity index (χ2v) is 8.30. The molecule has 4 amide bonds. The van der Waals surface area contributed by atoms with Gasteiger partial charge in [0.25, 0.3) is 0 Å². The zero-order chi connectivity index (χ0) is 24.5. The van der Waals surface area contributed by atoms with E-state index in [4.69, 9.17) is 4.42 Å². The molecule has 3 aromatic rings. The molecule has 3 N–H and O–H groups in total. The lowest BCUT2D eigenvalue weighted by atomic mass is 9.95. The van der Waals surface area contributed by atoms with E-state index in [2.05, 4.69) is 16.0 Å². The molecule has 0 radical (unpaired) electrons. The van der Waals surface area contributed by atoms with Crippen LogP contribution in [0.25, 0.3) is 6.08 Å². The molecular formula is C27H28N4O4. The quantitative estimate of drug-likeness (QED) is 0.441. The van der Waals surface area contributed by atoms with E-state index in [0.717, 1.165) is 5.56 Å². The lowest BCUT2D eigenvalue weighted by Gasteiger charge is -2.30. The molecule has 1 aliphatic rings. The Hall–Kier alpha value is -4.33. The van der Waals surface area contributed by atoms with Crippen molar-refractivity contribution < 1.29 is 18.8 Å². The van der Waals surface area contributed by atoms with Gasteiger partial charge in [0.1, 0.15) is 5.76 Å². The summed E-state index contributed by atoms with van der Waals surface area (Å²) >= 11 is 0. The molecular weight excluding hydrogens is 444 g/mol. The predicted molar refractivity (Wildman–Crippen MR) is 134 cm³/mol. The van der Waals surface area contributed by atoms with Gasteiger partial charge in [0, 0.05) is 36.5 Å². The van der Waals surface area contributed by atoms with E-state index in [-0.39, 0.29) is 23.8 Å². The van der Waals surface area contributed by atoms with Crippen molar-refractivity contribution in [1.29, 1.82) is 0 Å². The average molecular weight is 473 g/mol. The molecule has 2 heterocycles. The first-order chi connectivity index (χ1) is 17.1. The van der Waals surface area contributed by atoms with Gasteiger partial charge in [0.05, 0.1) is 12.8 Å². The number of amides is 4. The van der Waals surface area contributed by atoms with Crippen molar-refractivity contribution in [3.8, 4) is 0 Å². The number of hydrogen-bond acceptors (Lipinski definition) is 4. The molecule has 0 unspecified atom stereocenters. The Morgan fingerprint density at radius 2 is 1.57 bits per heavy atom. The number of carbonyl (C=O) groups excluding carboxylic acids is 3. The first-order valence-corrected chi connectivity index (χ1v) is 11.6. The van der Waals surface area contributed by atoms with Crippen molar-refractivity contribution in [2.24, 2.45) is 5.92 Å². The third-order valence-electron chi connectivity index (χ3n) is 5.81. The average Bonchev–Trinajstić information content (AvgIpc) is 3.42. The molecule has 8 heteroatoms. The smallest absolute Gasteiger partial charge is 0.319 e. The van der Waals surface area contributed by atoms with Gasteiger partial charge in [-0.2, -0.15) is 0 Å². The molecule has 0 saturated carbocycles. The minimum Gasteiger partial charge on any atom is -0.467 e. The van der Waals surface area contributed by atoms with Crippen LogP contribution in [-0.4, -0.2) is 35.8 Å². The van der Waals surface area contributed by atoms with Crippen molar-refractivity contribution in [1.82, 2.24) is 10.2 Å². The summed E-state index contributed by atoms with van der Waals surface area (Å²) in [5, 5.41) is 8.37. The zero-order valence-electron chi connectivity index (χ0n) is 19.3. The monoisotopic (exact) mass is 472 g/mol. The summed E-state index contributed by atoms with van der Waals surface area (Å²) in [5.74, 6) is 0.414. The number of furan rings is 1. The van der Waals surface area contributed by atoms with E-state index in [1.807, 2.05) is 36.4 Å². The number of nitrogens with one attached hydrogen (secondary N) is 3. The minimum absolute atomic E-state index is 0.0380. The molecule has 0 aliphatic carbocycles. The third kappa shape index (κ3) is 7.07. The van der Waals surface area contributed by atoms with Crippen LogP contribution in [0.3, 0.4) is 0 Å². The molecule has 0 atom stereocenters. The van der Waals surface area contributed by atoms with Gasteiger partial charge in [0.2, 0.25) is 11.8 Å². The fourth-order valence-corrected chi connectivity index (χ4v) is 3.84. The highest BCUT2D eigenvalue weighted by Crippen LogP contribution is 2.21. The van der Waals surface area contributed by atoms with Gasteiger partial charge in [-0.25, -0.2) is 4.79 Å². The maximum Gasteiger partial charge on any atom is 0.319 e. The SMILES string of the molecule is O=C(NCc1ccco1)Nc1ccc(NC(=O)C2CCN(C(=O)/C=C/c3ccccc3)CC2)cc1. The van der Waals surface area contributed by atoms with Gasteiger partial charge in [-0.05, 0) is 60.9 Å². The molecule has 0 spiro atoms. The van der Waals surface area contributed by atoms with Crippen LogP contribution in [0.15, 0.2) is 83.5 Å². The largest absolute Gasteiger partial charge is 0.467 e. The van der Waals surface area contributed by atoms with E-state index in [0.29, 0.717) is 49.6 Å². The fourth-order valence-electron chi connectivity index (χ4n) is 3.84. The molecule has 1 saturated heterocycles. The number of likely N-dealkylation sites (tertiary alicyclic amines) is 1. The summed E-state index contributed by atoms with van der Waals surface area (Å²) in [7, 11) is 0. The Balaban J connectivity index is 1.19. The number of anilines is 2. The van der Waals surface area contributed by atoms with E-state index in [9.17, 15) is 14.4 Å². The van der Waals surface area contributed by atoms with Crippen LogP contribution in [0.2, 0.25) is 0 Å². The second-order valence-electron chi connectivity index (χ2n) is 8.30. The van der Waals surface area contributed by atoms with Crippen LogP contribution in [0.4, 0.5) is 16.2 Å². The number of carbonyl (C=O) groups is 3. The fraction of sp³-hybridized carbons (Fsp3) is 0.222. The lowest BCUT2D eigenvalue weighted by Crippen LogP contribution is -2.40. The molecule has 2 aromatic carbocycles. The first kappa shape index (κ1) is 23.8. The summed E-state index contributed by atoms with van der Waals surface area (Å²) in [4.78, 5) is 38.9. The molecule has 180 valence electrons. The molecule has 1 aromatic heterocycles. The zero-order valence-corrected chi connectivity index (χ0v) is 19.3. The predicted octanol–water partition coefficient (Wildman–Crippen LogP) is 4.49. The highest BCUT2D eigenvalue weighted by molar-refractivity contribution is 5.94. The standard InChI is InChI=1S/C27H28N4O4/c32-25(13-8-20-5-2-1-3-6-20)31-16-14-21(15-17-31)26(33)29-22-9-11-23(12-10-22)30-27(34)28-19-24-7-4-18-35-24/h1-13,18,21H,14-17,19H2,(H,29,33)(H2,28,30,34)/b13-8+. The second kappa shape index (κ2) is 11.7. The Morgan fingerprint density at radius 1 is 0.886 bits per heavy atom. The van der Waals surface area contributed by atoms with Crippen LogP contribution in [0, 0.1) is 5.92 Å². The van der Waals surface area contributed by atoms with Crippen LogP contribution in [0.1, 0.15) is 24.2 Å². The third-order valence-corrected chi connectivity index (χ3v) is 5.81. The Morgan fingerprint density at radius 3 is 2.23 bits per heavy atom. The molecule has 8 nitrogen and oxygen atoms in total. The lowest BCUT2D eigenvalue weighted by molar-refractivity contribution is -0.130. The number of rotatable bonds is 7. The van der Waals surface area contributed by atoms with Gasteiger partial charge in [0.15, 0.2) is 0 Å². The number of benzene rings is 2. The summed E-state index contributed by atoms with van der Waals surface area (Å²) in [5.41, 5.74) is 2.24. The minimum atomic E-state index is -0.349. The van der Waals surface area contributed by atoms with Gasteiger partial charge in [-0.3, -0.25) is 9.59 Å². The maximum atomic E-state index is 12.7. The van der Waals surface area contributed by atoms with Gasteiger partial charge in [-0.15, -0.1) is 0 Å². The van der Waals surface area contributed by atoms with Gasteiger partial charge in [-0.1, -0.05) is 30.3 Å². The van der Waals surface area contributed by atoms with Gasteiger partial charge >= 0.3 is 6.03 Å². The highest BCUT2D eigenvalue weighted by Gasteiger charge is 2.26. The first-order valence-electron chi connectivity index (χ1n) is 11.6. The highest BCUT2D eigenvalue weighted by atomic mass is 16.3. The Kier molecular flexibility index (Phi) is 7.96. The summed E-state index contributed by atoms with van der Waals surface area (Å²) in [6.45, 7) is 1.39. The van der Waals surface area contributed by atoms with E-state index >= 15 is 0 Å². The van der Waals surface area contributed by atoms with Crippen LogP contribution >= 0.6 is 0 Å². The van der Waals surface area contributed by atoms with Crippen molar-refractivity contribution in [3.05, 3.63) is 90.4 Å². The number of urea groups is 1.